The summed E-state index contributed by atoms with van der Waals surface area (Å²) in [4.78, 5) is 0.884. The van der Waals surface area contributed by atoms with E-state index >= 15 is 0 Å². The van der Waals surface area contributed by atoms with Gasteiger partial charge in [-0.1, -0.05) is 23.4 Å². The van der Waals surface area contributed by atoms with Crippen LogP contribution in [0.1, 0.15) is 0 Å². The number of thioether (sulfide) groups is 1. The number of hydrogen-bond donors (Lipinski definition) is 0. The van der Waals surface area contributed by atoms with Crippen LogP contribution in [0.2, 0.25) is 0 Å². The average Bonchev–Trinajstić information content (AvgIpc) is 2.51. The highest BCUT2D eigenvalue weighted by atomic mass is 35.5. The molecule has 0 amide bonds. The van der Waals surface area contributed by atoms with Gasteiger partial charge >= 0.3 is 0 Å². The van der Waals surface area contributed by atoms with Crippen LogP contribution in [-0.4, -0.2) is 17.3 Å². The van der Waals surface area contributed by atoms with Crippen LogP contribution < -0.4 is 4.74 Å². The number of benzene rings is 1. The van der Waals surface area contributed by atoms with Crippen LogP contribution in [0.25, 0.3) is 0 Å². The highest BCUT2D eigenvalue weighted by molar-refractivity contribution is 8.15. The smallest absolute Gasteiger partial charge is 0.151 e. The van der Waals surface area contributed by atoms with Crippen LogP contribution in [0.3, 0.4) is 0 Å². The van der Waals surface area contributed by atoms with Crippen LogP contribution in [0.4, 0.5) is 0 Å². The predicted molar refractivity (Wildman–Crippen MR) is 85.4 cm³/mol. The van der Waals surface area contributed by atoms with Crippen molar-refractivity contribution in [2.75, 3.05) is 7.11 Å². The number of allylic oxidation sites excluding steroid dienone is 1. The highest BCUT2D eigenvalue weighted by Crippen LogP contribution is 2.33. The number of nitrogens with zero attached hydrogens (tertiary/aromatic N) is 4. The summed E-state index contributed by atoms with van der Waals surface area (Å²) in [6.45, 7) is 0. The zero-order valence-electron chi connectivity index (χ0n) is 10.7. The molecular weight excluding hydrogens is 328 g/mol. The Bertz CT molecular complexity index is 710. The Kier molecular flexibility index (Phi) is 5.29. The summed E-state index contributed by atoms with van der Waals surface area (Å²) in [6, 6.07) is 11.0. The summed E-state index contributed by atoms with van der Waals surface area (Å²) in [7, 11) is 1.59. The Morgan fingerprint density at radius 1 is 1.24 bits per heavy atom. The van der Waals surface area contributed by atoms with Gasteiger partial charge in [-0.3, -0.25) is 0 Å². The molecule has 0 saturated carbocycles. The fourth-order valence-corrected chi connectivity index (χ4v) is 3.19. The molecule has 0 aliphatic carbocycles. The predicted octanol–water partition coefficient (Wildman–Crippen LogP) is 3.74. The molecule has 0 spiro atoms. The van der Waals surface area contributed by atoms with E-state index in [9.17, 15) is 0 Å². The molecule has 1 heterocycles. The van der Waals surface area contributed by atoms with Crippen molar-refractivity contribution in [1.29, 1.82) is 10.5 Å². The van der Waals surface area contributed by atoms with Crippen molar-refractivity contribution in [3.8, 4) is 17.9 Å². The third-order valence-corrected chi connectivity index (χ3v) is 4.43. The fraction of sp³-hybridized carbons (Fsp3) is 0.0769. The van der Waals surface area contributed by atoms with Gasteiger partial charge in [-0.25, -0.2) is 0 Å². The van der Waals surface area contributed by atoms with Crippen molar-refractivity contribution in [3.63, 3.8) is 0 Å². The minimum Gasteiger partial charge on any atom is -0.497 e. The first-order chi connectivity index (χ1) is 10.2. The van der Waals surface area contributed by atoms with Gasteiger partial charge in [0.05, 0.1) is 12.7 Å². The Morgan fingerprint density at radius 2 is 1.90 bits per heavy atom. The molecule has 1 aromatic carbocycles. The third kappa shape index (κ3) is 3.59. The molecule has 1 aliphatic rings. The molecule has 0 bridgehead atoms. The zero-order chi connectivity index (χ0) is 15.2. The van der Waals surface area contributed by atoms with Gasteiger partial charge in [-0.15, -0.1) is 0 Å². The van der Waals surface area contributed by atoms with Crippen molar-refractivity contribution in [1.82, 2.24) is 0 Å². The van der Waals surface area contributed by atoms with E-state index < -0.39 is 0 Å². The maximum Gasteiger partial charge on any atom is 0.151 e. The van der Waals surface area contributed by atoms with Gasteiger partial charge in [-0.05, 0) is 24.3 Å². The number of halogens is 1. The Labute approximate surface area is 135 Å². The van der Waals surface area contributed by atoms with Gasteiger partial charge in [0.25, 0.3) is 0 Å². The van der Waals surface area contributed by atoms with E-state index in [1.54, 1.807) is 7.11 Å². The number of methoxy groups -OCH3 is 1. The number of hydrogen-bond acceptors (Lipinski definition) is 7. The SMILES string of the molecule is COc1ccc(SC2=NSN=C(Cl)C2=C(C#N)C#N)cc1. The summed E-state index contributed by atoms with van der Waals surface area (Å²) >= 11 is 8.23. The molecule has 1 aromatic rings. The van der Waals surface area contributed by atoms with E-state index in [0.29, 0.717) is 5.04 Å². The number of ether oxygens (including phenoxy) is 1. The van der Waals surface area contributed by atoms with E-state index in [1.807, 2.05) is 36.4 Å². The standard InChI is InChI=1S/C13H7ClN4OS2/c1-19-9-2-4-10(5-3-9)20-13-11(8(6-15)7-16)12(14)17-21-18-13/h2-5H,1H3. The molecule has 2 rings (SSSR count). The molecule has 0 radical (unpaired) electrons. The van der Waals surface area contributed by atoms with E-state index in [-0.39, 0.29) is 16.3 Å². The monoisotopic (exact) mass is 334 g/mol. The second kappa shape index (κ2) is 7.19. The van der Waals surface area contributed by atoms with Crippen molar-refractivity contribution in [2.45, 2.75) is 4.90 Å². The number of rotatable bonds is 2. The molecule has 0 unspecified atom stereocenters. The van der Waals surface area contributed by atoms with Crippen LogP contribution in [0.15, 0.2) is 49.1 Å². The molecule has 104 valence electrons. The van der Waals surface area contributed by atoms with Crippen molar-refractivity contribution in [3.05, 3.63) is 35.4 Å². The Morgan fingerprint density at radius 3 is 2.48 bits per heavy atom. The van der Waals surface area contributed by atoms with Gasteiger partial charge in [0.1, 0.15) is 40.6 Å². The average molecular weight is 335 g/mol. The zero-order valence-corrected chi connectivity index (χ0v) is 13.1. The lowest BCUT2D eigenvalue weighted by atomic mass is 10.1. The van der Waals surface area contributed by atoms with Crippen LogP contribution in [0, 0.1) is 22.7 Å². The molecule has 5 nitrogen and oxygen atoms in total. The van der Waals surface area contributed by atoms with Crippen LogP contribution in [0.5, 0.6) is 5.75 Å². The van der Waals surface area contributed by atoms with Crippen molar-refractivity contribution in [2.24, 2.45) is 8.80 Å². The maximum atomic E-state index is 9.02. The first-order valence-electron chi connectivity index (χ1n) is 5.54. The minimum atomic E-state index is -0.108. The molecule has 0 fully saturated rings. The van der Waals surface area contributed by atoms with Gasteiger partial charge < -0.3 is 4.74 Å². The number of nitriles is 2. The van der Waals surface area contributed by atoms with Crippen LogP contribution >= 0.6 is 35.5 Å². The van der Waals surface area contributed by atoms with Gasteiger partial charge in [0, 0.05) is 4.90 Å². The fourth-order valence-electron chi connectivity index (χ4n) is 1.44. The van der Waals surface area contributed by atoms with Crippen LogP contribution in [-0.2, 0) is 0 Å². The molecule has 8 heteroatoms. The molecular formula is C13H7ClN4OS2. The third-order valence-electron chi connectivity index (χ3n) is 2.41. The first kappa shape index (κ1) is 15.5. The first-order valence-corrected chi connectivity index (χ1v) is 7.47. The van der Waals surface area contributed by atoms with E-state index in [0.717, 1.165) is 22.8 Å². The second-order valence-corrected chi connectivity index (χ2v) is 5.56. The summed E-state index contributed by atoms with van der Waals surface area (Å²) in [5, 5.41) is 18.6. The Balaban J connectivity index is 2.34. The summed E-state index contributed by atoms with van der Waals surface area (Å²) in [5.41, 5.74) is 0.157. The summed E-state index contributed by atoms with van der Waals surface area (Å²) in [6.07, 6.45) is 0. The van der Waals surface area contributed by atoms with Crippen molar-refractivity contribution >= 4 is 45.7 Å². The molecule has 21 heavy (non-hydrogen) atoms. The second-order valence-electron chi connectivity index (χ2n) is 3.61. The van der Waals surface area contributed by atoms with E-state index in [1.165, 1.54) is 11.8 Å². The molecule has 1 aliphatic heterocycles. The van der Waals surface area contributed by atoms with E-state index in [2.05, 4.69) is 8.80 Å². The molecule has 0 aromatic heterocycles. The molecule has 0 N–H and O–H groups in total. The van der Waals surface area contributed by atoms with Gasteiger partial charge in [-0.2, -0.15) is 19.3 Å². The lowest BCUT2D eigenvalue weighted by Crippen LogP contribution is -2.10. The maximum absolute atomic E-state index is 9.02. The normalized spacial score (nSPS) is 13.6. The van der Waals surface area contributed by atoms with E-state index in [4.69, 9.17) is 26.9 Å². The highest BCUT2D eigenvalue weighted by Gasteiger charge is 2.23. The quantitative estimate of drug-likeness (QED) is 0.607. The Hall–Kier alpha value is -1.93. The lowest BCUT2D eigenvalue weighted by Gasteiger charge is -2.12. The van der Waals surface area contributed by atoms with Crippen molar-refractivity contribution < 1.29 is 4.74 Å². The topological polar surface area (TPSA) is 81.5 Å². The minimum absolute atomic E-state index is 0.101. The largest absolute Gasteiger partial charge is 0.497 e. The summed E-state index contributed by atoms with van der Waals surface area (Å²) < 4.78 is 13.1. The lowest BCUT2D eigenvalue weighted by molar-refractivity contribution is 0.414. The van der Waals surface area contributed by atoms with Gasteiger partial charge in [0.2, 0.25) is 0 Å². The molecule has 0 saturated heterocycles. The summed E-state index contributed by atoms with van der Waals surface area (Å²) in [5.74, 6) is 0.740. The molecule has 0 atom stereocenters. The van der Waals surface area contributed by atoms with Gasteiger partial charge in [0.15, 0.2) is 5.17 Å².